The molecule has 3 aromatic rings. The molecule has 2 heterocycles. The standard InChI is InChI=1S/C21H20BrN3O3/c1-12-7-16(5-6-18(12)22)25-14(3)8-17(15(25)4)20(26)11-28-21(27)19-10-23-13(2)9-24-19/h5-10H,11H2,1-4H3. The Labute approximate surface area is 171 Å². The van der Waals surface area contributed by atoms with E-state index in [2.05, 4.69) is 32.0 Å². The number of carbonyl (C=O) groups is 2. The fraction of sp³-hybridized carbons (Fsp3) is 0.238. The first kappa shape index (κ1) is 19.9. The number of esters is 1. The maximum absolute atomic E-state index is 12.6. The third kappa shape index (κ3) is 4.04. The van der Waals surface area contributed by atoms with Gasteiger partial charge in [0.15, 0.2) is 12.3 Å². The van der Waals surface area contributed by atoms with Crippen molar-refractivity contribution >= 4 is 27.7 Å². The molecular formula is C21H20BrN3O3. The van der Waals surface area contributed by atoms with Crippen LogP contribution in [0.3, 0.4) is 0 Å². The van der Waals surface area contributed by atoms with Crippen molar-refractivity contribution in [2.24, 2.45) is 0 Å². The van der Waals surface area contributed by atoms with Crippen molar-refractivity contribution in [1.29, 1.82) is 0 Å². The Bertz CT molecular complexity index is 1060. The number of hydrogen-bond acceptors (Lipinski definition) is 5. The van der Waals surface area contributed by atoms with E-state index in [-0.39, 0.29) is 18.1 Å². The van der Waals surface area contributed by atoms with E-state index < -0.39 is 5.97 Å². The summed E-state index contributed by atoms with van der Waals surface area (Å²) in [6, 6.07) is 7.83. The van der Waals surface area contributed by atoms with Gasteiger partial charge < -0.3 is 9.30 Å². The number of aryl methyl sites for hydroxylation is 3. The van der Waals surface area contributed by atoms with Gasteiger partial charge >= 0.3 is 5.97 Å². The first-order valence-corrected chi connectivity index (χ1v) is 9.51. The molecular weight excluding hydrogens is 422 g/mol. The lowest BCUT2D eigenvalue weighted by Crippen LogP contribution is -2.16. The number of halogens is 1. The quantitative estimate of drug-likeness (QED) is 0.435. The van der Waals surface area contributed by atoms with E-state index in [0.717, 1.165) is 27.1 Å². The number of benzene rings is 1. The van der Waals surface area contributed by atoms with Crippen LogP contribution in [0, 0.1) is 27.7 Å². The normalized spacial score (nSPS) is 10.8. The highest BCUT2D eigenvalue weighted by molar-refractivity contribution is 9.10. The maximum atomic E-state index is 12.6. The van der Waals surface area contributed by atoms with Crippen LogP contribution in [0.15, 0.2) is 41.1 Å². The molecule has 0 N–H and O–H groups in total. The Kier molecular flexibility index (Phi) is 5.74. The number of Topliss-reactive ketones (excluding diaryl/α,β-unsaturated/α-hetero) is 1. The molecule has 0 saturated carbocycles. The summed E-state index contributed by atoms with van der Waals surface area (Å²) in [6.45, 7) is 7.26. The maximum Gasteiger partial charge on any atom is 0.358 e. The van der Waals surface area contributed by atoms with Gasteiger partial charge in [0.05, 0.1) is 11.9 Å². The van der Waals surface area contributed by atoms with Gasteiger partial charge in [-0.2, -0.15) is 0 Å². The second-order valence-electron chi connectivity index (χ2n) is 6.60. The van der Waals surface area contributed by atoms with Crippen molar-refractivity contribution in [2.75, 3.05) is 6.61 Å². The Morgan fingerprint density at radius 1 is 1.07 bits per heavy atom. The van der Waals surface area contributed by atoms with Crippen LogP contribution in [-0.4, -0.2) is 32.9 Å². The molecule has 1 aromatic carbocycles. The topological polar surface area (TPSA) is 74.1 Å². The van der Waals surface area contributed by atoms with Crippen LogP contribution in [-0.2, 0) is 4.74 Å². The lowest BCUT2D eigenvalue weighted by atomic mass is 10.1. The highest BCUT2D eigenvalue weighted by Crippen LogP contribution is 2.25. The molecule has 0 amide bonds. The number of rotatable bonds is 5. The Balaban J connectivity index is 1.78. The number of aromatic nitrogens is 3. The molecule has 0 unspecified atom stereocenters. The average molecular weight is 442 g/mol. The van der Waals surface area contributed by atoms with E-state index in [4.69, 9.17) is 4.74 Å². The summed E-state index contributed by atoms with van der Waals surface area (Å²) in [5.74, 6) is -0.931. The van der Waals surface area contributed by atoms with Gasteiger partial charge in [-0.3, -0.25) is 9.78 Å². The van der Waals surface area contributed by atoms with Crippen molar-refractivity contribution in [2.45, 2.75) is 27.7 Å². The molecule has 0 radical (unpaired) electrons. The molecule has 0 aliphatic carbocycles. The summed E-state index contributed by atoms with van der Waals surface area (Å²) < 4.78 is 8.17. The highest BCUT2D eigenvalue weighted by Gasteiger charge is 2.19. The number of ether oxygens (including phenoxy) is 1. The van der Waals surface area contributed by atoms with Crippen molar-refractivity contribution in [3.05, 3.63) is 75.0 Å². The van der Waals surface area contributed by atoms with Crippen LogP contribution in [0.25, 0.3) is 5.69 Å². The lowest BCUT2D eigenvalue weighted by molar-refractivity contribution is 0.0468. The van der Waals surface area contributed by atoms with Gasteiger partial charge in [0.2, 0.25) is 5.78 Å². The van der Waals surface area contributed by atoms with Gasteiger partial charge in [-0.25, -0.2) is 9.78 Å². The molecule has 144 valence electrons. The van der Waals surface area contributed by atoms with Crippen LogP contribution in [0.5, 0.6) is 0 Å². The van der Waals surface area contributed by atoms with Gasteiger partial charge in [-0.1, -0.05) is 15.9 Å². The van der Waals surface area contributed by atoms with E-state index >= 15 is 0 Å². The molecule has 6 nitrogen and oxygen atoms in total. The molecule has 0 atom stereocenters. The van der Waals surface area contributed by atoms with Crippen molar-refractivity contribution in [1.82, 2.24) is 14.5 Å². The number of ketones is 1. The number of hydrogen-bond donors (Lipinski definition) is 0. The number of nitrogens with zero attached hydrogens (tertiary/aromatic N) is 3. The van der Waals surface area contributed by atoms with Crippen LogP contribution in [0.4, 0.5) is 0 Å². The van der Waals surface area contributed by atoms with E-state index in [1.165, 1.54) is 12.4 Å². The molecule has 7 heteroatoms. The van der Waals surface area contributed by atoms with Gasteiger partial charge in [-0.05, 0) is 57.5 Å². The Morgan fingerprint density at radius 2 is 1.82 bits per heavy atom. The SMILES string of the molecule is Cc1cnc(C(=O)OCC(=O)c2cc(C)n(-c3ccc(Br)c(C)c3)c2C)cn1. The van der Waals surface area contributed by atoms with Gasteiger partial charge in [0.25, 0.3) is 0 Å². The average Bonchev–Trinajstić information content (AvgIpc) is 2.97. The molecule has 0 aliphatic heterocycles. The van der Waals surface area contributed by atoms with Gasteiger partial charge in [-0.15, -0.1) is 0 Å². The zero-order chi connectivity index (χ0) is 20.4. The predicted octanol–water partition coefficient (Wildman–Crippen LogP) is 4.30. The zero-order valence-corrected chi connectivity index (χ0v) is 17.7. The summed E-state index contributed by atoms with van der Waals surface area (Å²) in [7, 11) is 0. The van der Waals surface area contributed by atoms with Gasteiger partial charge in [0.1, 0.15) is 0 Å². The van der Waals surface area contributed by atoms with Crippen LogP contribution in [0.1, 0.15) is 43.5 Å². The second-order valence-corrected chi connectivity index (χ2v) is 7.45. The van der Waals surface area contributed by atoms with E-state index in [9.17, 15) is 9.59 Å². The molecule has 0 saturated heterocycles. The zero-order valence-electron chi connectivity index (χ0n) is 16.1. The first-order valence-electron chi connectivity index (χ1n) is 8.72. The van der Waals surface area contributed by atoms with E-state index in [1.54, 1.807) is 6.92 Å². The molecule has 3 rings (SSSR count). The van der Waals surface area contributed by atoms with Crippen LogP contribution in [0.2, 0.25) is 0 Å². The Morgan fingerprint density at radius 3 is 2.46 bits per heavy atom. The van der Waals surface area contributed by atoms with Crippen LogP contribution >= 0.6 is 15.9 Å². The molecule has 0 aliphatic rings. The smallest absolute Gasteiger partial charge is 0.358 e. The van der Waals surface area contributed by atoms with Crippen molar-refractivity contribution < 1.29 is 14.3 Å². The summed E-state index contributed by atoms with van der Waals surface area (Å²) in [5.41, 5.74) is 5.11. The first-order chi connectivity index (χ1) is 13.3. The van der Waals surface area contributed by atoms with Crippen molar-refractivity contribution in [3.8, 4) is 5.69 Å². The predicted molar refractivity (Wildman–Crippen MR) is 109 cm³/mol. The number of carbonyl (C=O) groups excluding carboxylic acids is 2. The largest absolute Gasteiger partial charge is 0.453 e. The Hall–Kier alpha value is -2.80. The molecule has 28 heavy (non-hydrogen) atoms. The highest BCUT2D eigenvalue weighted by atomic mass is 79.9. The minimum atomic E-state index is -0.668. The monoisotopic (exact) mass is 441 g/mol. The molecule has 0 spiro atoms. The summed E-state index contributed by atoms with van der Waals surface area (Å²) in [6.07, 6.45) is 2.82. The van der Waals surface area contributed by atoms with E-state index in [0.29, 0.717) is 11.3 Å². The molecule has 2 aromatic heterocycles. The van der Waals surface area contributed by atoms with E-state index in [1.807, 2.05) is 43.5 Å². The summed E-state index contributed by atoms with van der Waals surface area (Å²) in [5, 5.41) is 0. The van der Waals surface area contributed by atoms with Crippen LogP contribution < -0.4 is 0 Å². The molecule has 0 bridgehead atoms. The fourth-order valence-electron chi connectivity index (χ4n) is 2.99. The van der Waals surface area contributed by atoms with Crippen molar-refractivity contribution in [3.63, 3.8) is 0 Å². The summed E-state index contributed by atoms with van der Waals surface area (Å²) in [4.78, 5) is 32.7. The minimum Gasteiger partial charge on any atom is -0.453 e. The fourth-order valence-corrected chi connectivity index (χ4v) is 3.24. The third-order valence-corrected chi connectivity index (χ3v) is 5.35. The third-order valence-electron chi connectivity index (χ3n) is 4.46. The summed E-state index contributed by atoms with van der Waals surface area (Å²) >= 11 is 3.50. The molecule has 0 fully saturated rings. The lowest BCUT2D eigenvalue weighted by Gasteiger charge is -2.11. The van der Waals surface area contributed by atoms with Gasteiger partial charge in [0, 0.05) is 33.3 Å². The second kappa shape index (κ2) is 8.06. The minimum absolute atomic E-state index is 0.0780.